The van der Waals surface area contributed by atoms with Crippen molar-refractivity contribution >= 4 is 22.9 Å². The fourth-order valence-electron chi connectivity index (χ4n) is 4.94. The molecule has 7 heteroatoms. The summed E-state index contributed by atoms with van der Waals surface area (Å²) in [4.78, 5) is 13.7. The molecule has 0 saturated heterocycles. The van der Waals surface area contributed by atoms with Crippen LogP contribution < -0.4 is 28.9 Å². The van der Waals surface area contributed by atoms with Gasteiger partial charge in [-0.25, -0.2) is 0 Å². The number of allylic oxidation sites excluding steroid dienone is 1. The molecule has 1 aliphatic rings. The lowest BCUT2D eigenvalue weighted by Crippen LogP contribution is -2.74. The SMILES string of the molecule is COc1ccc(C2=CC(c3ccc(OC)cc3)=[NH+]/C2=N\c2[n-]c(-c3ccc(OC)cc3)cc2-c2ccc(OC)cc2)cc1. The van der Waals surface area contributed by atoms with Gasteiger partial charge >= 0.3 is 0 Å². The first-order valence-electron chi connectivity index (χ1n) is 13.8. The maximum Gasteiger partial charge on any atom is 0.129 e. The summed E-state index contributed by atoms with van der Waals surface area (Å²) in [5.74, 6) is 4.46. The van der Waals surface area contributed by atoms with Crippen LogP contribution >= 0.6 is 0 Å². The summed E-state index contributed by atoms with van der Waals surface area (Å²) in [5, 5.41) is 0. The Hall–Kier alpha value is -5.56. The van der Waals surface area contributed by atoms with Crippen molar-refractivity contribution in [2.75, 3.05) is 28.4 Å². The molecule has 5 aromatic rings. The molecule has 6 rings (SSSR count). The Labute approximate surface area is 250 Å². The van der Waals surface area contributed by atoms with Gasteiger partial charge in [-0.1, -0.05) is 42.5 Å². The van der Waals surface area contributed by atoms with Crippen molar-refractivity contribution < 1.29 is 23.9 Å². The van der Waals surface area contributed by atoms with Crippen molar-refractivity contribution in [3.63, 3.8) is 0 Å². The molecule has 43 heavy (non-hydrogen) atoms. The van der Waals surface area contributed by atoms with E-state index >= 15 is 0 Å². The molecular formula is C36H31N3O4. The highest BCUT2D eigenvalue weighted by atomic mass is 16.5. The van der Waals surface area contributed by atoms with Crippen LogP contribution in [0, 0.1) is 0 Å². The molecule has 0 fully saturated rings. The van der Waals surface area contributed by atoms with E-state index in [1.807, 2.05) is 97.1 Å². The van der Waals surface area contributed by atoms with E-state index in [-0.39, 0.29) is 0 Å². The van der Waals surface area contributed by atoms with Gasteiger partial charge in [0.2, 0.25) is 0 Å². The lowest BCUT2D eigenvalue weighted by molar-refractivity contribution is -0.307. The number of amidine groups is 1. The second kappa shape index (κ2) is 12.1. The van der Waals surface area contributed by atoms with E-state index in [1.54, 1.807) is 28.4 Å². The Morgan fingerprint density at radius 2 is 0.977 bits per heavy atom. The highest BCUT2D eigenvalue weighted by Gasteiger charge is 2.19. The molecule has 0 atom stereocenters. The zero-order chi connectivity index (χ0) is 29.8. The Morgan fingerprint density at radius 1 is 0.535 bits per heavy atom. The van der Waals surface area contributed by atoms with Crippen LogP contribution in [-0.2, 0) is 0 Å². The van der Waals surface area contributed by atoms with Crippen molar-refractivity contribution in [2.45, 2.75) is 0 Å². The van der Waals surface area contributed by atoms with Gasteiger partial charge < -0.3 is 28.9 Å². The van der Waals surface area contributed by atoms with E-state index in [4.69, 9.17) is 28.9 Å². The minimum Gasteiger partial charge on any atom is -0.497 e. The maximum absolute atomic E-state index is 5.40. The molecule has 0 bridgehead atoms. The molecule has 0 radical (unpaired) electrons. The molecule has 1 aliphatic heterocycles. The van der Waals surface area contributed by atoms with Gasteiger partial charge in [0.15, 0.2) is 0 Å². The number of nitrogens with one attached hydrogen (secondary N) is 1. The number of ether oxygens (including phenoxy) is 4. The third kappa shape index (κ3) is 5.78. The summed E-state index contributed by atoms with van der Waals surface area (Å²) in [6.45, 7) is 0. The van der Waals surface area contributed by atoms with Crippen molar-refractivity contribution in [3.05, 3.63) is 120 Å². The van der Waals surface area contributed by atoms with Gasteiger partial charge in [0, 0.05) is 11.1 Å². The molecule has 0 saturated carbocycles. The number of nitrogens with zero attached hydrogens (tertiary/aromatic N) is 2. The quantitative estimate of drug-likeness (QED) is 0.246. The number of hydrogen-bond donors (Lipinski definition) is 1. The van der Waals surface area contributed by atoms with Crippen molar-refractivity contribution in [3.8, 4) is 45.4 Å². The normalized spacial score (nSPS) is 13.4. The summed E-state index contributed by atoms with van der Waals surface area (Å²) in [6, 6.07) is 33.8. The van der Waals surface area contributed by atoms with Crippen LogP contribution in [0.4, 0.5) is 5.82 Å². The second-order valence-electron chi connectivity index (χ2n) is 9.85. The lowest BCUT2D eigenvalue weighted by Gasteiger charge is -2.12. The summed E-state index contributed by atoms with van der Waals surface area (Å²) in [5.41, 5.74) is 7.58. The smallest absolute Gasteiger partial charge is 0.129 e. The Bertz CT molecular complexity index is 1810. The predicted molar refractivity (Wildman–Crippen MR) is 170 cm³/mol. The highest BCUT2D eigenvalue weighted by Crippen LogP contribution is 2.36. The topological polar surface area (TPSA) is 77.4 Å². The Morgan fingerprint density at radius 3 is 1.47 bits per heavy atom. The zero-order valence-electron chi connectivity index (χ0n) is 24.4. The van der Waals surface area contributed by atoms with E-state index in [0.717, 1.165) is 67.8 Å². The fraction of sp³-hybridized carbons (Fsp3) is 0.111. The number of hydrogen-bond acceptors (Lipinski definition) is 5. The van der Waals surface area contributed by atoms with Crippen LogP contribution in [0.3, 0.4) is 0 Å². The Balaban J connectivity index is 1.49. The molecule has 1 aromatic heterocycles. The maximum atomic E-state index is 5.40. The van der Waals surface area contributed by atoms with Gasteiger partial charge in [-0.3, -0.25) is 4.99 Å². The number of rotatable bonds is 9. The highest BCUT2D eigenvalue weighted by molar-refractivity contribution is 6.30. The summed E-state index contributed by atoms with van der Waals surface area (Å²) < 4.78 is 21.5. The van der Waals surface area contributed by atoms with E-state index in [9.17, 15) is 0 Å². The average Bonchev–Trinajstić information content (AvgIpc) is 3.70. The second-order valence-corrected chi connectivity index (χ2v) is 9.85. The van der Waals surface area contributed by atoms with Crippen molar-refractivity contribution in [1.29, 1.82) is 0 Å². The minimum atomic E-state index is 0.605. The minimum absolute atomic E-state index is 0.605. The monoisotopic (exact) mass is 569 g/mol. The third-order valence-electron chi connectivity index (χ3n) is 7.35. The summed E-state index contributed by atoms with van der Waals surface area (Å²) in [6.07, 6.45) is 2.11. The van der Waals surface area contributed by atoms with Crippen LogP contribution in [0.15, 0.2) is 114 Å². The molecular weight excluding hydrogens is 538 g/mol. The van der Waals surface area contributed by atoms with E-state index in [2.05, 4.69) is 17.1 Å². The van der Waals surface area contributed by atoms with Crippen LogP contribution in [0.1, 0.15) is 11.1 Å². The number of benzene rings is 4. The van der Waals surface area contributed by atoms with Gasteiger partial charge in [-0.15, -0.1) is 0 Å². The zero-order valence-corrected chi connectivity index (χ0v) is 24.4. The van der Waals surface area contributed by atoms with E-state index in [0.29, 0.717) is 11.7 Å². The first-order valence-corrected chi connectivity index (χ1v) is 13.8. The predicted octanol–water partition coefficient (Wildman–Crippen LogP) is 5.71. The first kappa shape index (κ1) is 27.6. The van der Waals surface area contributed by atoms with Gasteiger partial charge in [0.05, 0.1) is 28.4 Å². The molecule has 0 spiro atoms. The molecule has 0 unspecified atom stereocenters. The van der Waals surface area contributed by atoms with Crippen molar-refractivity contribution in [2.24, 2.45) is 4.99 Å². The van der Waals surface area contributed by atoms with Crippen LogP contribution in [0.5, 0.6) is 23.0 Å². The first-order chi connectivity index (χ1) is 21.1. The number of aromatic nitrogens is 1. The van der Waals surface area contributed by atoms with Crippen LogP contribution in [-0.4, -0.2) is 40.0 Å². The molecule has 4 aromatic carbocycles. The average molecular weight is 570 g/mol. The van der Waals surface area contributed by atoms with Gasteiger partial charge in [-0.2, -0.15) is 0 Å². The molecule has 1 N–H and O–H groups in total. The number of methoxy groups -OCH3 is 4. The Kier molecular flexibility index (Phi) is 7.78. The molecule has 0 aliphatic carbocycles. The largest absolute Gasteiger partial charge is 0.497 e. The summed E-state index contributed by atoms with van der Waals surface area (Å²) in [7, 11) is 6.64. The fourth-order valence-corrected chi connectivity index (χ4v) is 4.94. The van der Waals surface area contributed by atoms with Crippen LogP contribution in [0.2, 0.25) is 0 Å². The number of aliphatic imine (C=N–C) groups is 1. The summed E-state index contributed by atoms with van der Waals surface area (Å²) >= 11 is 0. The van der Waals surface area contributed by atoms with Gasteiger partial charge in [0.25, 0.3) is 0 Å². The molecule has 7 nitrogen and oxygen atoms in total. The standard InChI is InChI=1S/C36H30N3O4/c1-40-27-13-5-23(6-14-27)31-21-33(25-9-17-29(42-3)18-10-25)37-35(31)39-36-32(24-7-15-28(41-2)16-8-24)22-34(38-36)26-11-19-30(43-4)20-12-26/h5-22H,1-4H3/q-1/p+1/b39-35-. The van der Waals surface area contributed by atoms with Gasteiger partial charge in [-0.05, 0) is 101 Å². The van der Waals surface area contributed by atoms with Crippen LogP contribution in [0.25, 0.3) is 28.0 Å². The molecule has 214 valence electrons. The van der Waals surface area contributed by atoms with Crippen molar-refractivity contribution in [1.82, 2.24) is 4.98 Å². The molecule has 0 amide bonds. The third-order valence-corrected chi connectivity index (χ3v) is 7.35. The molecule has 2 heterocycles. The van der Waals surface area contributed by atoms with E-state index < -0.39 is 0 Å². The van der Waals surface area contributed by atoms with Gasteiger partial charge in [0.1, 0.15) is 34.5 Å². The van der Waals surface area contributed by atoms with E-state index in [1.165, 1.54) is 0 Å². The lowest BCUT2D eigenvalue weighted by atomic mass is 10.0.